The predicted molar refractivity (Wildman–Crippen MR) is 106 cm³/mol. The van der Waals surface area contributed by atoms with Gasteiger partial charge in [0.1, 0.15) is 11.9 Å². The molecule has 1 unspecified atom stereocenters. The third kappa shape index (κ3) is 2.40. The van der Waals surface area contributed by atoms with Crippen molar-refractivity contribution in [1.29, 1.82) is 0 Å². The molecule has 28 heavy (non-hydrogen) atoms. The summed E-state index contributed by atoms with van der Waals surface area (Å²) in [6.07, 6.45) is 4.81. The highest BCUT2D eigenvalue weighted by molar-refractivity contribution is 6.58. The van der Waals surface area contributed by atoms with Gasteiger partial charge in [-0.15, -0.1) is 0 Å². The van der Waals surface area contributed by atoms with E-state index in [9.17, 15) is 4.79 Å². The fraction of sp³-hybridized carbons (Fsp3) is 0.143. The Kier molecular flexibility index (Phi) is 3.70. The number of hydrogen-bond acceptors (Lipinski definition) is 6. The zero-order chi connectivity index (χ0) is 19.3. The smallest absolute Gasteiger partial charge is 0.230 e. The Morgan fingerprint density at radius 2 is 2.07 bits per heavy atom. The van der Waals surface area contributed by atoms with E-state index >= 15 is 0 Å². The molecule has 7 nitrogen and oxygen atoms in total. The first-order valence-corrected chi connectivity index (χ1v) is 8.92. The van der Waals surface area contributed by atoms with Gasteiger partial charge < -0.3 is 24.4 Å². The molecule has 1 atom stereocenters. The fourth-order valence-corrected chi connectivity index (χ4v) is 3.68. The predicted octanol–water partition coefficient (Wildman–Crippen LogP) is 3.26. The number of rotatable bonds is 4. The normalized spacial score (nSPS) is 17.6. The summed E-state index contributed by atoms with van der Waals surface area (Å²) in [5, 5.41) is 0. The van der Waals surface area contributed by atoms with E-state index in [4.69, 9.17) is 14.9 Å². The minimum Gasteiger partial charge on any atom is -0.497 e. The Morgan fingerprint density at radius 1 is 1.25 bits per heavy atom. The molecule has 1 aromatic carbocycles. The van der Waals surface area contributed by atoms with Gasteiger partial charge in [0.2, 0.25) is 11.7 Å². The van der Waals surface area contributed by atoms with E-state index in [1.54, 1.807) is 18.1 Å². The number of anilines is 1. The molecule has 0 saturated heterocycles. The lowest BCUT2D eigenvalue weighted by Crippen LogP contribution is -2.45. The Morgan fingerprint density at radius 3 is 2.86 bits per heavy atom. The fourth-order valence-electron chi connectivity index (χ4n) is 3.68. The van der Waals surface area contributed by atoms with Crippen molar-refractivity contribution in [3.05, 3.63) is 72.3 Å². The molecule has 7 heteroatoms. The Hall–Kier alpha value is -3.58. The zero-order valence-corrected chi connectivity index (χ0v) is 15.2. The third-order valence-electron chi connectivity index (χ3n) is 5.10. The van der Waals surface area contributed by atoms with Crippen LogP contribution < -0.4 is 15.4 Å². The Bertz CT molecular complexity index is 1120. The Balaban J connectivity index is 1.61. The largest absolute Gasteiger partial charge is 0.497 e. The second kappa shape index (κ2) is 6.24. The number of nitrogens with zero attached hydrogens (tertiary/aromatic N) is 3. The number of benzene rings is 1. The zero-order valence-electron chi connectivity index (χ0n) is 15.2. The molecule has 3 aromatic rings. The molecular weight excluding hydrogens is 356 g/mol. The van der Waals surface area contributed by atoms with Crippen LogP contribution in [0, 0.1) is 0 Å². The van der Waals surface area contributed by atoms with Gasteiger partial charge >= 0.3 is 0 Å². The maximum absolute atomic E-state index is 13.5. The summed E-state index contributed by atoms with van der Waals surface area (Å²) in [5.41, 5.74) is 9.49. The van der Waals surface area contributed by atoms with E-state index in [0.717, 1.165) is 22.7 Å². The van der Waals surface area contributed by atoms with Gasteiger partial charge in [-0.3, -0.25) is 4.79 Å². The molecule has 2 aromatic heterocycles. The first kappa shape index (κ1) is 16.6. The number of allylic oxidation sites excluding steroid dienone is 1. The molecular formula is C21H18N4O3. The van der Waals surface area contributed by atoms with Crippen LogP contribution in [0.3, 0.4) is 0 Å². The number of ketones is 1. The van der Waals surface area contributed by atoms with Gasteiger partial charge in [0.25, 0.3) is 0 Å². The molecule has 2 aliphatic heterocycles. The number of amidine groups is 1. The van der Waals surface area contributed by atoms with Gasteiger partial charge in [-0.2, -0.15) is 4.99 Å². The summed E-state index contributed by atoms with van der Waals surface area (Å²) in [6.45, 7) is 0.664. The van der Waals surface area contributed by atoms with E-state index in [1.165, 1.54) is 6.26 Å². The number of methoxy groups -OCH3 is 1. The number of nitrogens with two attached hydrogens (primary N) is 1. The summed E-state index contributed by atoms with van der Waals surface area (Å²) in [7, 11) is 1.61. The lowest BCUT2D eigenvalue weighted by molar-refractivity contribution is -0.108. The number of hydrogen-bond donors (Lipinski definition) is 1. The molecule has 0 saturated carbocycles. The molecule has 0 aliphatic carbocycles. The van der Waals surface area contributed by atoms with Crippen LogP contribution in [0.2, 0.25) is 0 Å². The van der Waals surface area contributed by atoms with Crippen LogP contribution in [0.25, 0.3) is 5.57 Å². The SMILES string of the molecule is COc1ccc(N2C(C(=O)C3=CCn4cccc43)=Nc3occc3C2N)cc1. The van der Waals surface area contributed by atoms with Crippen LogP contribution in [0.15, 0.2) is 70.4 Å². The highest BCUT2D eigenvalue weighted by Crippen LogP contribution is 2.38. The maximum Gasteiger partial charge on any atom is 0.230 e. The highest BCUT2D eigenvalue weighted by Gasteiger charge is 2.36. The van der Waals surface area contributed by atoms with Crippen LogP contribution in [0.1, 0.15) is 17.4 Å². The van der Waals surface area contributed by atoms with E-state index in [0.29, 0.717) is 18.0 Å². The van der Waals surface area contributed by atoms with E-state index in [2.05, 4.69) is 4.99 Å². The molecule has 0 amide bonds. The van der Waals surface area contributed by atoms with Gasteiger partial charge in [-0.1, -0.05) is 6.08 Å². The maximum atomic E-state index is 13.5. The second-order valence-corrected chi connectivity index (χ2v) is 6.62. The van der Waals surface area contributed by atoms with Gasteiger partial charge in [0, 0.05) is 24.0 Å². The average molecular weight is 374 g/mol. The van der Waals surface area contributed by atoms with Gasteiger partial charge in [0.05, 0.1) is 24.6 Å². The monoisotopic (exact) mass is 374 g/mol. The van der Waals surface area contributed by atoms with Crippen molar-refractivity contribution in [2.75, 3.05) is 12.0 Å². The van der Waals surface area contributed by atoms with Crippen molar-refractivity contribution in [1.82, 2.24) is 4.57 Å². The quantitative estimate of drug-likeness (QED) is 0.757. The average Bonchev–Trinajstić information content (AvgIpc) is 3.44. The van der Waals surface area contributed by atoms with Gasteiger partial charge in [-0.05, 0) is 42.5 Å². The highest BCUT2D eigenvalue weighted by atomic mass is 16.5. The van der Waals surface area contributed by atoms with Gasteiger partial charge in [-0.25, -0.2) is 0 Å². The van der Waals surface area contributed by atoms with Crippen LogP contribution in [-0.2, 0) is 11.3 Å². The summed E-state index contributed by atoms with van der Waals surface area (Å²) >= 11 is 0. The molecule has 0 spiro atoms. The van der Waals surface area contributed by atoms with Crippen LogP contribution in [-0.4, -0.2) is 23.3 Å². The first-order valence-electron chi connectivity index (χ1n) is 8.92. The summed E-state index contributed by atoms with van der Waals surface area (Å²) in [5.74, 6) is 1.14. The lowest BCUT2D eigenvalue weighted by atomic mass is 10.0. The van der Waals surface area contributed by atoms with Crippen LogP contribution >= 0.6 is 0 Å². The van der Waals surface area contributed by atoms with E-state index in [-0.39, 0.29) is 11.6 Å². The van der Waals surface area contributed by atoms with Crippen molar-refractivity contribution < 1.29 is 13.9 Å². The van der Waals surface area contributed by atoms with Crippen molar-refractivity contribution in [2.45, 2.75) is 12.7 Å². The summed E-state index contributed by atoms with van der Waals surface area (Å²) in [6, 6.07) is 13.0. The molecule has 2 N–H and O–H groups in total. The Labute approximate surface area is 161 Å². The number of carbonyl (C=O) groups excluding carboxylic acids is 1. The van der Waals surface area contributed by atoms with Crippen molar-refractivity contribution in [2.24, 2.45) is 10.7 Å². The second-order valence-electron chi connectivity index (χ2n) is 6.62. The first-order chi connectivity index (χ1) is 13.7. The minimum absolute atomic E-state index is 0.189. The molecule has 0 bridgehead atoms. The molecule has 140 valence electrons. The van der Waals surface area contributed by atoms with E-state index in [1.807, 2.05) is 53.2 Å². The number of aromatic nitrogens is 1. The lowest BCUT2D eigenvalue weighted by Gasteiger charge is -2.33. The molecule has 5 rings (SSSR count). The number of carbonyl (C=O) groups is 1. The third-order valence-corrected chi connectivity index (χ3v) is 5.10. The molecule has 0 fully saturated rings. The summed E-state index contributed by atoms with van der Waals surface area (Å²) < 4.78 is 12.7. The molecule has 2 aliphatic rings. The van der Waals surface area contributed by atoms with Crippen molar-refractivity contribution >= 4 is 28.8 Å². The number of aliphatic imine (C=N–C) groups is 1. The molecule has 0 radical (unpaired) electrons. The number of ether oxygens (including phenoxy) is 1. The van der Waals surface area contributed by atoms with Crippen molar-refractivity contribution in [3.63, 3.8) is 0 Å². The molecule has 4 heterocycles. The number of Topliss-reactive ketones (excluding diaryl/α,β-unsaturated/α-hetero) is 1. The standard InChI is InChI=1S/C21H18N4O3/c1-27-14-6-4-13(5-7-14)25-19(22)16-9-12-28-21(16)23-20(25)18(26)15-8-11-24-10-2-3-17(15)24/h2-10,12,19H,11,22H2,1H3. The van der Waals surface area contributed by atoms with Crippen LogP contribution in [0.5, 0.6) is 5.75 Å². The topological polar surface area (TPSA) is 86.0 Å². The minimum atomic E-state index is -0.590. The van der Waals surface area contributed by atoms with E-state index < -0.39 is 6.17 Å². The number of furan rings is 1. The van der Waals surface area contributed by atoms with Crippen molar-refractivity contribution in [3.8, 4) is 5.75 Å². The number of fused-ring (bicyclic) bond motifs is 2. The van der Waals surface area contributed by atoms with Crippen LogP contribution in [0.4, 0.5) is 11.6 Å². The summed E-state index contributed by atoms with van der Waals surface area (Å²) in [4.78, 5) is 19.7. The van der Waals surface area contributed by atoms with Gasteiger partial charge in [0.15, 0.2) is 5.84 Å².